The fraction of sp³-hybridized carbons (Fsp3) is 0.875. The number of hydrogen-bond donors (Lipinski definition) is 2. The van der Waals surface area contributed by atoms with E-state index >= 15 is 0 Å². The Kier molecular flexibility index (Phi) is 11.5. The number of rotatable bonds is 3. The van der Waals surface area contributed by atoms with Crippen LogP contribution < -0.4 is 5.32 Å². The topological polar surface area (TPSA) is 49.3 Å². The van der Waals surface area contributed by atoms with Crippen LogP contribution in [-0.4, -0.2) is 31.1 Å². The summed E-state index contributed by atoms with van der Waals surface area (Å²) in [5.41, 5.74) is 0. The van der Waals surface area contributed by atoms with Gasteiger partial charge in [-0.15, -0.1) is 0 Å². The van der Waals surface area contributed by atoms with E-state index in [-0.39, 0.29) is 18.3 Å². The SMILES string of the molecule is CCO.CNCC(=O)C(C)C. The van der Waals surface area contributed by atoms with Crippen molar-refractivity contribution >= 4 is 5.78 Å². The Morgan fingerprint density at radius 1 is 1.55 bits per heavy atom. The van der Waals surface area contributed by atoms with Gasteiger partial charge in [-0.2, -0.15) is 0 Å². The van der Waals surface area contributed by atoms with Gasteiger partial charge in [0.15, 0.2) is 0 Å². The maximum Gasteiger partial charge on any atom is 0.149 e. The Bertz CT molecular complexity index is 92.1. The summed E-state index contributed by atoms with van der Waals surface area (Å²) in [5, 5.41) is 10.4. The minimum Gasteiger partial charge on any atom is -0.397 e. The summed E-state index contributed by atoms with van der Waals surface area (Å²) in [4.78, 5) is 10.7. The molecule has 0 saturated carbocycles. The molecular weight excluding hydrogens is 142 g/mol. The molecule has 0 rings (SSSR count). The molecule has 0 aliphatic rings. The largest absolute Gasteiger partial charge is 0.397 e. The summed E-state index contributed by atoms with van der Waals surface area (Å²) in [7, 11) is 1.78. The normalized spacial score (nSPS) is 8.91. The molecule has 0 aliphatic heterocycles. The summed E-state index contributed by atoms with van der Waals surface area (Å²) >= 11 is 0. The average molecular weight is 161 g/mol. The zero-order chi connectivity index (χ0) is 9.28. The number of Topliss-reactive ketones (excluding diaryl/α,β-unsaturated/α-hetero) is 1. The van der Waals surface area contributed by atoms with Crippen molar-refractivity contribution in [1.29, 1.82) is 0 Å². The van der Waals surface area contributed by atoms with Crippen molar-refractivity contribution in [3.05, 3.63) is 0 Å². The molecule has 0 amide bonds. The van der Waals surface area contributed by atoms with Crippen LogP contribution in [0.4, 0.5) is 0 Å². The predicted octanol–water partition coefficient (Wildman–Crippen LogP) is 0.429. The van der Waals surface area contributed by atoms with Gasteiger partial charge in [-0.05, 0) is 14.0 Å². The fourth-order valence-corrected chi connectivity index (χ4v) is 0.378. The lowest BCUT2D eigenvalue weighted by Gasteiger charge is -2.00. The van der Waals surface area contributed by atoms with Gasteiger partial charge in [-0.1, -0.05) is 13.8 Å². The van der Waals surface area contributed by atoms with Gasteiger partial charge in [0.25, 0.3) is 0 Å². The van der Waals surface area contributed by atoms with Crippen LogP contribution in [0.5, 0.6) is 0 Å². The van der Waals surface area contributed by atoms with Crippen molar-refractivity contribution < 1.29 is 9.90 Å². The lowest BCUT2D eigenvalue weighted by atomic mass is 10.1. The highest BCUT2D eigenvalue weighted by Gasteiger charge is 2.03. The van der Waals surface area contributed by atoms with Crippen molar-refractivity contribution in [3.63, 3.8) is 0 Å². The van der Waals surface area contributed by atoms with E-state index in [0.29, 0.717) is 6.54 Å². The number of nitrogens with one attached hydrogen (secondary N) is 1. The van der Waals surface area contributed by atoms with Crippen LogP contribution in [0.1, 0.15) is 20.8 Å². The van der Waals surface area contributed by atoms with Gasteiger partial charge in [0.2, 0.25) is 0 Å². The zero-order valence-corrected chi connectivity index (χ0v) is 7.85. The summed E-state index contributed by atoms with van der Waals surface area (Å²) in [5.74, 6) is 0.440. The summed E-state index contributed by atoms with van der Waals surface area (Å²) in [6, 6.07) is 0. The second kappa shape index (κ2) is 9.59. The first-order valence-electron chi connectivity index (χ1n) is 3.88. The van der Waals surface area contributed by atoms with Crippen LogP contribution in [-0.2, 0) is 4.79 Å². The molecule has 11 heavy (non-hydrogen) atoms. The van der Waals surface area contributed by atoms with E-state index in [9.17, 15) is 4.79 Å². The third kappa shape index (κ3) is 12.7. The zero-order valence-electron chi connectivity index (χ0n) is 7.85. The Balaban J connectivity index is 0. The molecule has 68 valence electrons. The van der Waals surface area contributed by atoms with Crippen LogP contribution >= 0.6 is 0 Å². The van der Waals surface area contributed by atoms with Gasteiger partial charge in [-0.25, -0.2) is 0 Å². The molecule has 3 heteroatoms. The van der Waals surface area contributed by atoms with Gasteiger partial charge in [0.1, 0.15) is 5.78 Å². The Hall–Kier alpha value is -0.410. The second-order valence-corrected chi connectivity index (χ2v) is 2.47. The predicted molar refractivity (Wildman–Crippen MR) is 46.5 cm³/mol. The highest BCUT2D eigenvalue weighted by Crippen LogP contribution is 1.90. The minimum absolute atomic E-state index is 0.169. The maximum absolute atomic E-state index is 10.7. The van der Waals surface area contributed by atoms with E-state index in [1.54, 1.807) is 14.0 Å². The van der Waals surface area contributed by atoms with Crippen LogP contribution in [0.15, 0.2) is 0 Å². The lowest BCUT2D eigenvalue weighted by molar-refractivity contribution is -0.120. The number of aliphatic hydroxyl groups excluding tert-OH is 1. The molecule has 0 atom stereocenters. The van der Waals surface area contributed by atoms with Crippen molar-refractivity contribution in [2.45, 2.75) is 20.8 Å². The Labute approximate surface area is 68.8 Å². The second-order valence-electron chi connectivity index (χ2n) is 2.47. The van der Waals surface area contributed by atoms with Crippen molar-refractivity contribution in [2.75, 3.05) is 20.2 Å². The van der Waals surface area contributed by atoms with E-state index in [1.807, 2.05) is 13.8 Å². The third-order valence-corrected chi connectivity index (χ3v) is 0.995. The maximum atomic E-state index is 10.7. The van der Waals surface area contributed by atoms with Gasteiger partial charge in [0.05, 0.1) is 6.54 Å². The molecular formula is C8H19NO2. The summed E-state index contributed by atoms with van der Waals surface area (Å²) in [6.07, 6.45) is 0. The smallest absolute Gasteiger partial charge is 0.149 e. The Morgan fingerprint density at radius 3 is 2.00 bits per heavy atom. The molecule has 2 N–H and O–H groups in total. The highest BCUT2D eigenvalue weighted by atomic mass is 16.2. The number of aliphatic hydroxyl groups is 1. The van der Waals surface area contributed by atoms with Crippen LogP contribution in [0.2, 0.25) is 0 Å². The van der Waals surface area contributed by atoms with Gasteiger partial charge in [0, 0.05) is 12.5 Å². The Morgan fingerprint density at radius 2 is 1.91 bits per heavy atom. The van der Waals surface area contributed by atoms with E-state index in [0.717, 1.165) is 0 Å². The lowest BCUT2D eigenvalue weighted by Crippen LogP contribution is -2.22. The van der Waals surface area contributed by atoms with Crippen LogP contribution in [0, 0.1) is 5.92 Å². The molecule has 0 aromatic carbocycles. The molecule has 3 nitrogen and oxygen atoms in total. The first-order valence-corrected chi connectivity index (χ1v) is 3.88. The minimum atomic E-state index is 0.169. The molecule has 0 spiro atoms. The first-order chi connectivity index (χ1) is 5.09. The number of carbonyl (C=O) groups excluding carboxylic acids is 1. The molecule has 0 bridgehead atoms. The van der Waals surface area contributed by atoms with E-state index in [2.05, 4.69) is 5.32 Å². The first kappa shape index (κ1) is 13.2. The third-order valence-electron chi connectivity index (χ3n) is 0.995. The van der Waals surface area contributed by atoms with Crippen LogP contribution in [0.3, 0.4) is 0 Å². The van der Waals surface area contributed by atoms with Gasteiger partial charge in [-0.3, -0.25) is 4.79 Å². The molecule has 0 aromatic heterocycles. The van der Waals surface area contributed by atoms with Crippen molar-refractivity contribution in [2.24, 2.45) is 5.92 Å². The van der Waals surface area contributed by atoms with Gasteiger partial charge >= 0.3 is 0 Å². The summed E-state index contributed by atoms with van der Waals surface area (Å²) < 4.78 is 0. The van der Waals surface area contributed by atoms with E-state index in [4.69, 9.17) is 5.11 Å². The van der Waals surface area contributed by atoms with Crippen molar-refractivity contribution in [1.82, 2.24) is 5.32 Å². The molecule has 0 unspecified atom stereocenters. The number of ketones is 1. The molecule has 0 aromatic rings. The monoisotopic (exact) mass is 161 g/mol. The molecule has 0 heterocycles. The van der Waals surface area contributed by atoms with Gasteiger partial charge < -0.3 is 10.4 Å². The average Bonchev–Trinajstić information content (AvgIpc) is 1.90. The number of likely N-dealkylation sites (N-methyl/N-ethyl adjacent to an activating group) is 1. The van der Waals surface area contributed by atoms with Crippen molar-refractivity contribution in [3.8, 4) is 0 Å². The number of carbonyl (C=O) groups is 1. The van der Waals surface area contributed by atoms with Crippen LogP contribution in [0.25, 0.3) is 0 Å². The highest BCUT2D eigenvalue weighted by molar-refractivity contribution is 5.82. The molecule has 0 aliphatic carbocycles. The number of hydrogen-bond acceptors (Lipinski definition) is 3. The quantitative estimate of drug-likeness (QED) is 0.631. The van der Waals surface area contributed by atoms with E-state index in [1.165, 1.54) is 0 Å². The summed E-state index contributed by atoms with van der Waals surface area (Å²) in [6.45, 7) is 6.23. The van der Waals surface area contributed by atoms with E-state index < -0.39 is 0 Å². The molecule has 0 saturated heterocycles. The molecule has 0 radical (unpaired) electrons. The standard InChI is InChI=1S/C6H13NO.C2H6O/c1-5(2)6(8)4-7-3;1-2-3/h5,7H,4H2,1-3H3;3H,2H2,1H3. The molecule has 0 fully saturated rings. The fourth-order valence-electron chi connectivity index (χ4n) is 0.378.